The lowest BCUT2D eigenvalue weighted by Crippen LogP contribution is -2.29. The van der Waals surface area contributed by atoms with Crippen LogP contribution in [0.15, 0.2) is 71.3 Å². The Morgan fingerprint density at radius 3 is 2.66 bits per heavy atom. The summed E-state index contributed by atoms with van der Waals surface area (Å²) in [5.41, 5.74) is 1.07. The van der Waals surface area contributed by atoms with Crippen molar-refractivity contribution in [2.45, 2.75) is 31.7 Å². The third kappa shape index (κ3) is 4.46. The average Bonchev–Trinajstić information content (AvgIpc) is 3.54. The molecule has 1 fully saturated rings. The zero-order valence-electron chi connectivity index (χ0n) is 17.5. The lowest BCUT2D eigenvalue weighted by molar-refractivity contribution is -0.116. The van der Waals surface area contributed by atoms with Crippen LogP contribution >= 0.6 is 0 Å². The highest BCUT2D eigenvalue weighted by Gasteiger charge is 2.28. The maximum absolute atomic E-state index is 13.9. The summed E-state index contributed by atoms with van der Waals surface area (Å²) in [7, 11) is 0. The van der Waals surface area contributed by atoms with Crippen molar-refractivity contribution in [3.05, 3.63) is 84.3 Å². The molecule has 1 amide bonds. The number of nitrogens with one attached hydrogen (secondary N) is 1. The van der Waals surface area contributed by atoms with Gasteiger partial charge in [-0.05, 0) is 49.2 Å². The number of halogens is 1. The number of aromatic nitrogens is 2. The lowest BCUT2D eigenvalue weighted by atomic mass is 10.2. The van der Waals surface area contributed by atoms with E-state index in [9.17, 15) is 9.18 Å². The molecule has 0 atom stereocenters. The molecule has 0 spiro atoms. The number of carbonyl (C=O) groups is 1. The first kappa shape index (κ1) is 20.2. The van der Waals surface area contributed by atoms with Gasteiger partial charge in [-0.2, -0.15) is 0 Å². The van der Waals surface area contributed by atoms with Gasteiger partial charge in [0.25, 0.3) is 0 Å². The van der Waals surface area contributed by atoms with Crippen LogP contribution in [0, 0.1) is 5.82 Å². The summed E-state index contributed by atoms with van der Waals surface area (Å²) >= 11 is 0. The second kappa shape index (κ2) is 8.78. The fourth-order valence-corrected chi connectivity index (χ4v) is 3.70. The molecule has 2 aromatic heterocycles. The minimum Gasteiger partial charge on any atom is -0.467 e. The molecule has 2 aromatic carbocycles. The molecule has 32 heavy (non-hydrogen) atoms. The zero-order valence-corrected chi connectivity index (χ0v) is 17.5. The van der Waals surface area contributed by atoms with Gasteiger partial charge in [-0.1, -0.05) is 24.3 Å². The van der Waals surface area contributed by atoms with E-state index >= 15 is 0 Å². The molecular weight excluding hydrogens is 407 g/mol. The van der Waals surface area contributed by atoms with Gasteiger partial charge in [-0.3, -0.25) is 4.79 Å². The number of carbonyl (C=O) groups excluding carboxylic acids is 1. The third-order valence-electron chi connectivity index (χ3n) is 5.53. The largest absolute Gasteiger partial charge is 0.467 e. The Bertz CT molecular complexity index is 1240. The molecule has 1 aliphatic rings. The molecule has 6 nitrogen and oxygen atoms in total. The predicted octanol–water partition coefficient (Wildman–Crippen LogP) is 5.27. The van der Waals surface area contributed by atoms with Crippen LogP contribution in [0.2, 0.25) is 0 Å². The fourth-order valence-electron chi connectivity index (χ4n) is 3.70. The Morgan fingerprint density at radius 2 is 1.88 bits per heavy atom. The van der Waals surface area contributed by atoms with E-state index < -0.39 is 5.82 Å². The quantitative estimate of drug-likeness (QED) is 0.412. The molecule has 4 aromatic rings. The van der Waals surface area contributed by atoms with Crippen LogP contribution in [0.5, 0.6) is 0 Å². The van der Waals surface area contributed by atoms with Crippen LogP contribution in [-0.4, -0.2) is 22.4 Å². The van der Waals surface area contributed by atoms with Gasteiger partial charge in [-0.25, -0.2) is 14.4 Å². The van der Waals surface area contributed by atoms with Crippen LogP contribution < -0.4 is 10.2 Å². The van der Waals surface area contributed by atoms with Crippen molar-refractivity contribution in [1.29, 1.82) is 0 Å². The van der Waals surface area contributed by atoms with Crippen molar-refractivity contribution in [2.75, 3.05) is 16.8 Å². The van der Waals surface area contributed by atoms with Crippen molar-refractivity contribution in [1.82, 2.24) is 9.97 Å². The van der Waals surface area contributed by atoms with Gasteiger partial charge in [0, 0.05) is 24.3 Å². The second-order valence-corrected chi connectivity index (χ2v) is 7.98. The number of anilines is 2. The predicted molar refractivity (Wildman–Crippen MR) is 121 cm³/mol. The zero-order chi connectivity index (χ0) is 21.9. The molecule has 162 valence electrons. The summed E-state index contributed by atoms with van der Waals surface area (Å²) in [4.78, 5) is 24.3. The Balaban J connectivity index is 1.42. The Kier molecular flexibility index (Phi) is 5.54. The topological polar surface area (TPSA) is 71.3 Å². The highest BCUT2D eigenvalue weighted by molar-refractivity contribution is 5.92. The molecule has 1 aliphatic carbocycles. The maximum atomic E-state index is 13.9. The maximum Gasteiger partial charge on any atom is 0.226 e. The number of fused-ring (bicyclic) bond motifs is 1. The molecule has 1 saturated carbocycles. The molecule has 7 heteroatoms. The molecule has 0 unspecified atom stereocenters. The van der Waals surface area contributed by atoms with Crippen molar-refractivity contribution < 1.29 is 13.6 Å². The lowest BCUT2D eigenvalue weighted by Gasteiger charge is -2.24. The number of furan rings is 1. The van der Waals surface area contributed by atoms with E-state index in [0.717, 1.165) is 41.1 Å². The van der Waals surface area contributed by atoms with Crippen LogP contribution in [-0.2, 0) is 11.3 Å². The number of rotatable bonds is 8. The van der Waals surface area contributed by atoms with E-state index in [1.807, 2.05) is 41.3 Å². The van der Waals surface area contributed by atoms with E-state index in [1.54, 1.807) is 24.5 Å². The van der Waals surface area contributed by atoms with Gasteiger partial charge in [0.15, 0.2) is 0 Å². The number of hydrogen-bond acceptors (Lipinski definition) is 5. The Morgan fingerprint density at radius 1 is 1.06 bits per heavy atom. The molecule has 0 radical (unpaired) electrons. The van der Waals surface area contributed by atoms with Crippen LogP contribution in [0.3, 0.4) is 0 Å². The second-order valence-electron chi connectivity index (χ2n) is 7.98. The first-order valence-electron chi connectivity index (χ1n) is 10.8. The normalized spacial score (nSPS) is 13.3. The smallest absolute Gasteiger partial charge is 0.226 e. The van der Waals surface area contributed by atoms with Gasteiger partial charge in [0.2, 0.25) is 5.91 Å². The third-order valence-corrected chi connectivity index (χ3v) is 5.53. The van der Waals surface area contributed by atoms with E-state index in [0.29, 0.717) is 19.0 Å². The van der Waals surface area contributed by atoms with Crippen LogP contribution in [0.25, 0.3) is 10.9 Å². The monoisotopic (exact) mass is 430 g/mol. The van der Waals surface area contributed by atoms with Crippen LogP contribution in [0.4, 0.5) is 15.9 Å². The van der Waals surface area contributed by atoms with Gasteiger partial charge in [0.05, 0.1) is 24.0 Å². The van der Waals surface area contributed by atoms with E-state index in [2.05, 4.69) is 5.32 Å². The van der Waals surface area contributed by atoms with E-state index in [-0.39, 0.29) is 18.0 Å². The SMILES string of the molecule is O=C(CCN(Cc1ccco1)c1nc(C2CC2)nc2ccccc12)Nc1ccccc1F. The first-order chi connectivity index (χ1) is 15.7. The summed E-state index contributed by atoms with van der Waals surface area (Å²) in [5.74, 6) is 2.08. The Hall–Kier alpha value is -3.74. The first-order valence-corrected chi connectivity index (χ1v) is 10.8. The minimum atomic E-state index is -0.454. The number of amides is 1. The number of nitrogens with zero attached hydrogens (tertiary/aromatic N) is 3. The van der Waals surface area contributed by atoms with E-state index in [1.165, 1.54) is 6.07 Å². The van der Waals surface area contributed by atoms with Crippen molar-refractivity contribution in [3.8, 4) is 0 Å². The van der Waals surface area contributed by atoms with Gasteiger partial charge in [-0.15, -0.1) is 0 Å². The number of benzene rings is 2. The highest BCUT2D eigenvalue weighted by Crippen LogP contribution is 2.40. The number of hydrogen-bond donors (Lipinski definition) is 1. The average molecular weight is 430 g/mol. The summed E-state index contributed by atoms with van der Waals surface area (Å²) in [6, 6.07) is 17.8. The minimum absolute atomic E-state index is 0.173. The molecule has 0 bridgehead atoms. The molecular formula is C25H23FN4O2. The van der Waals surface area contributed by atoms with Gasteiger partial charge in [0.1, 0.15) is 23.2 Å². The molecule has 5 rings (SSSR count). The van der Waals surface area contributed by atoms with Crippen molar-refractivity contribution in [3.63, 3.8) is 0 Å². The molecule has 0 aliphatic heterocycles. The summed E-state index contributed by atoms with van der Waals surface area (Å²) in [5, 5.41) is 3.58. The highest BCUT2D eigenvalue weighted by atomic mass is 19.1. The Labute approximate surface area is 185 Å². The fraction of sp³-hybridized carbons (Fsp3) is 0.240. The van der Waals surface area contributed by atoms with Crippen LogP contribution in [0.1, 0.15) is 36.8 Å². The van der Waals surface area contributed by atoms with Gasteiger partial charge < -0.3 is 14.6 Å². The van der Waals surface area contributed by atoms with Crippen molar-refractivity contribution >= 4 is 28.3 Å². The van der Waals surface area contributed by atoms with Gasteiger partial charge >= 0.3 is 0 Å². The van der Waals surface area contributed by atoms with E-state index in [4.69, 9.17) is 14.4 Å². The summed E-state index contributed by atoms with van der Waals surface area (Å²) < 4.78 is 19.5. The molecule has 2 heterocycles. The number of para-hydroxylation sites is 2. The molecule has 1 N–H and O–H groups in total. The summed E-state index contributed by atoms with van der Waals surface area (Å²) in [6.45, 7) is 0.858. The van der Waals surface area contributed by atoms with Crippen molar-refractivity contribution in [2.24, 2.45) is 0 Å². The summed E-state index contributed by atoms with van der Waals surface area (Å²) in [6.07, 6.45) is 4.00. The standard InChI is InChI=1S/C25H23FN4O2/c26-20-8-2-4-10-22(20)27-23(31)13-14-30(16-18-6-5-15-32-18)25-19-7-1-3-9-21(19)28-24(29-25)17-11-12-17/h1-10,15,17H,11-14,16H2,(H,27,31). The molecule has 0 saturated heterocycles.